The predicted octanol–water partition coefficient (Wildman–Crippen LogP) is 2.22. The molecule has 0 unspecified atom stereocenters. The summed E-state index contributed by atoms with van der Waals surface area (Å²) >= 11 is 0. The number of hydrogen-bond donors (Lipinski definition) is 2. The van der Waals surface area contributed by atoms with Crippen LogP contribution in [0.1, 0.15) is 22.7 Å². The molecule has 0 bridgehead atoms. The third-order valence-corrected chi connectivity index (χ3v) is 3.50. The quantitative estimate of drug-likeness (QED) is 0.701. The normalized spacial score (nSPS) is 14.2. The average molecular weight is 224 g/mol. The maximum absolute atomic E-state index is 5.97. The summed E-state index contributed by atoms with van der Waals surface area (Å²) < 4.78 is 0. The van der Waals surface area contributed by atoms with E-state index in [1.54, 1.807) is 0 Å². The van der Waals surface area contributed by atoms with Gasteiger partial charge in [0.2, 0.25) is 0 Å². The van der Waals surface area contributed by atoms with Crippen molar-refractivity contribution < 1.29 is 0 Å². The second-order valence-electron chi connectivity index (χ2n) is 4.59. The number of rotatable bonds is 2. The Morgan fingerprint density at radius 1 is 1.00 bits per heavy atom. The molecular formula is C15H16N2. The molecule has 0 saturated heterocycles. The van der Waals surface area contributed by atoms with E-state index < -0.39 is 0 Å². The molecule has 0 aliphatic heterocycles. The molecule has 0 saturated carbocycles. The van der Waals surface area contributed by atoms with Gasteiger partial charge in [-0.25, -0.2) is 0 Å². The highest BCUT2D eigenvalue weighted by Gasteiger charge is 2.18. The summed E-state index contributed by atoms with van der Waals surface area (Å²) in [5, 5.41) is 0. The van der Waals surface area contributed by atoms with Crippen molar-refractivity contribution in [2.45, 2.75) is 12.5 Å². The number of nitrogens with two attached hydrogens (primary N) is 2. The first-order valence-corrected chi connectivity index (χ1v) is 5.96. The van der Waals surface area contributed by atoms with Crippen molar-refractivity contribution in [3.05, 3.63) is 59.2 Å². The Morgan fingerprint density at radius 3 is 2.59 bits per heavy atom. The first kappa shape index (κ1) is 10.5. The van der Waals surface area contributed by atoms with Crippen molar-refractivity contribution in [2.75, 3.05) is 6.54 Å². The van der Waals surface area contributed by atoms with Crippen LogP contribution in [0.25, 0.3) is 11.1 Å². The van der Waals surface area contributed by atoms with Gasteiger partial charge >= 0.3 is 0 Å². The molecule has 0 spiro atoms. The van der Waals surface area contributed by atoms with E-state index in [0.717, 1.165) is 12.0 Å². The van der Waals surface area contributed by atoms with E-state index in [4.69, 9.17) is 11.5 Å². The highest BCUT2D eigenvalue weighted by atomic mass is 14.7. The van der Waals surface area contributed by atoms with Crippen molar-refractivity contribution in [1.82, 2.24) is 0 Å². The number of fused-ring (bicyclic) bond motifs is 3. The summed E-state index contributed by atoms with van der Waals surface area (Å²) in [6.07, 6.45) is 1.01. The fraction of sp³-hybridized carbons (Fsp3) is 0.200. The van der Waals surface area contributed by atoms with Crippen molar-refractivity contribution in [3.63, 3.8) is 0 Å². The van der Waals surface area contributed by atoms with E-state index in [1.165, 1.54) is 22.3 Å². The zero-order chi connectivity index (χ0) is 11.8. The average Bonchev–Trinajstić information content (AvgIpc) is 2.75. The zero-order valence-electron chi connectivity index (χ0n) is 9.69. The highest BCUT2D eigenvalue weighted by molar-refractivity contribution is 5.76. The largest absolute Gasteiger partial charge is 0.329 e. The summed E-state index contributed by atoms with van der Waals surface area (Å²) in [5.41, 5.74) is 18.2. The minimum absolute atomic E-state index is 0.0518. The summed E-state index contributed by atoms with van der Waals surface area (Å²) in [7, 11) is 0. The highest BCUT2D eigenvalue weighted by Crippen LogP contribution is 2.37. The van der Waals surface area contributed by atoms with Crippen molar-refractivity contribution in [3.8, 4) is 11.1 Å². The molecule has 0 heterocycles. The standard InChI is InChI=1S/C15H16N2/c16-9-15(17)11-5-6-14-12(8-11)7-10-3-1-2-4-13(10)14/h1-6,8,15H,7,9,16-17H2/t15-/m0/s1. The van der Waals surface area contributed by atoms with Gasteiger partial charge in [0.25, 0.3) is 0 Å². The lowest BCUT2D eigenvalue weighted by Crippen LogP contribution is -2.20. The van der Waals surface area contributed by atoms with E-state index in [0.29, 0.717) is 6.54 Å². The van der Waals surface area contributed by atoms with Gasteiger partial charge in [0.05, 0.1) is 0 Å². The van der Waals surface area contributed by atoms with Crippen LogP contribution in [0.5, 0.6) is 0 Å². The lowest BCUT2D eigenvalue weighted by Gasteiger charge is -2.10. The fourth-order valence-corrected chi connectivity index (χ4v) is 2.53. The lowest BCUT2D eigenvalue weighted by molar-refractivity contribution is 0.736. The maximum atomic E-state index is 5.97. The number of hydrogen-bond acceptors (Lipinski definition) is 2. The van der Waals surface area contributed by atoms with Gasteiger partial charge in [-0.1, -0.05) is 42.5 Å². The van der Waals surface area contributed by atoms with E-state index >= 15 is 0 Å². The van der Waals surface area contributed by atoms with Gasteiger partial charge in [-0.15, -0.1) is 0 Å². The minimum atomic E-state index is -0.0518. The molecule has 1 atom stereocenters. The SMILES string of the molecule is NC[C@H](N)c1ccc2c(c1)Cc1ccccc1-2. The molecule has 3 rings (SSSR count). The molecular weight excluding hydrogens is 208 g/mol. The van der Waals surface area contributed by atoms with Crippen molar-refractivity contribution >= 4 is 0 Å². The Kier molecular flexibility index (Phi) is 2.46. The van der Waals surface area contributed by atoms with Gasteiger partial charge < -0.3 is 11.5 Å². The molecule has 1 aliphatic carbocycles. The fourth-order valence-electron chi connectivity index (χ4n) is 2.53. The molecule has 4 N–H and O–H groups in total. The topological polar surface area (TPSA) is 52.0 Å². The Morgan fingerprint density at radius 2 is 1.76 bits per heavy atom. The summed E-state index contributed by atoms with van der Waals surface area (Å²) in [6.45, 7) is 0.492. The van der Waals surface area contributed by atoms with Crippen LogP contribution >= 0.6 is 0 Å². The smallest absolute Gasteiger partial charge is 0.0419 e. The van der Waals surface area contributed by atoms with Crippen LogP contribution in [0, 0.1) is 0 Å². The van der Waals surface area contributed by atoms with Crippen LogP contribution in [0.2, 0.25) is 0 Å². The Hall–Kier alpha value is -1.64. The van der Waals surface area contributed by atoms with Gasteiger partial charge in [0, 0.05) is 12.6 Å². The first-order valence-electron chi connectivity index (χ1n) is 5.96. The van der Waals surface area contributed by atoms with Crippen LogP contribution in [0.3, 0.4) is 0 Å². The van der Waals surface area contributed by atoms with Gasteiger partial charge in [-0.05, 0) is 34.2 Å². The molecule has 2 aromatic carbocycles. The van der Waals surface area contributed by atoms with Crippen LogP contribution in [0.15, 0.2) is 42.5 Å². The molecule has 0 amide bonds. The Labute approximate surface area is 101 Å². The molecule has 0 aromatic heterocycles. The molecule has 1 aliphatic rings. The molecule has 0 fully saturated rings. The minimum Gasteiger partial charge on any atom is -0.329 e. The van der Waals surface area contributed by atoms with Gasteiger partial charge in [-0.2, -0.15) is 0 Å². The number of benzene rings is 2. The van der Waals surface area contributed by atoms with E-state index in [9.17, 15) is 0 Å². The van der Waals surface area contributed by atoms with E-state index in [1.807, 2.05) is 0 Å². The third kappa shape index (κ3) is 1.66. The van der Waals surface area contributed by atoms with Gasteiger partial charge in [-0.3, -0.25) is 0 Å². The lowest BCUT2D eigenvalue weighted by atomic mass is 10.00. The monoisotopic (exact) mass is 224 g/mol. The van der Waals surface area contributed by atoms with Gasteiger partial charge in [0.1, 0.15) is 0 Å². The van der Waals surface area contributed by atoms with Crippen molar-refractivity contribution in [1.29, 1.82) is 0 Å². The maximum Gasteiger partial charge on any atom is 0.0419 e. The van der Waals surface area contributed by atoms with Crippen LogP contribution in [0.4, 0.5) is 0 Å². The summed E-state index contributed by atoms with van der Waals surface area (Å²) in [5.74, 6) is 0. The summed E-state index contributed by atoms with van der Waals surface area (Å²) in [6, 6.07) is 15.0. The molecule has 0 radical (unpaired) electrons. The van der Waals surface area contributed by atoms with Crippen LogP contribution in [-0.2, 0) is 6.42 Å². The van der Waals surface area contributed by atoms with Crippen LogP contribution in [-0.4, -0.2) is 6.54 Å². The van der Waals surface area contributed by atoms with Crippen LogP contribution < -0.4 is 11.5 Å². The second-order valence-corrected chi connectivity index (χ2v) is 4.59. The molecule has 2 heteroatoms. The van der Waals surface area contributed by atoms with Gasteiger partial charge in [0.15, 0.2) is 0 Å². The second kappa shape index (κ2) is 3.99. The molecule has 86 valence electrons. The Balaban J connectivity index is 2.07. The predicted molar refractivity (Wildman–Crippen MR) is 70.7 cm³/mol. The molecule has 17 heavy (non-hydrogen) atoms. The van der Waals surface area contributed by atoms with E-state index in [-0.39, 0.29) is 6.04 Å². The van der Waals surface area contributed by atoms with Crippen molar-refractivity contribution in [2.24, 2.45) is 11.5 Å². The zero-order valence-corrected chi connectivity index (χ0v) is 9.69. The summed E-state index contributed by atoms with van der Waals surface area (Å²) in [4.78, 5) is 0. The first-order chi connectivity index (χ1) is 8.29. The molecule has 2 aromatic rings. The third-order valence-electron chi connectivity index (χ3n) is 3.50. The van der Waals surface area contributed by atoms with E-state index in [2.05, 4.69) is 42.5 Å². The Bertz CT molecular complexity index is 561. The molecule has 2 nitrogen and oxygen atoms in total.